The summed E-state index contributed by atoms with van der Waals surface area (Å²) in [5.41, 5.74) is -0.361. The summed E-state index contributed by atoms with van der Waals surface area (Å²) in [6, 6.07) is -0.783. The van der Waals surface area contributed by atoms with E-state index in [1.54, 1.807) is 4.90 Å². The highest BCUT2D eigenvalue weighted by Crippen LogP contribution is 2.36. The van der Waals surface area contributed by atoms with Gasteiger partial charge < -0.3 is 14.9 Å². The molecule has 2 saturated heterocycles. The molecule has 2 amide bonds. The molecule has 0 aromatic rings. The zero-order chi connectivity index (χ0) is 15.6. The van der Waals surface area contributed by atoms with Crippen molar-refractivity contribution in [1.29, 1.82) is 0 Å². The van der Waals surface area contributed by atoms with E-state index in [0.717, 1.165) is 38.8 Å². The van der Waals surface area contributed by atoms with Crippen molar-refractivity contribution in [1.82, 2.24) is 9.80 Å². The third-order valence-corrected chi connectivity index (χ3v) is 5.12. The van der Waals surface area contributed by atoms with E-state index in [1.165, 1.54) is 6.42 Å². The largest absolute Gasteiger partial charge is 0.480 e. The van der Waals surface area contributed by atoms with Gasteiger partial charge in [-0.1, -0.05) is 27.2 Å². The van der Waals surface area contributed by atoms with E-state index >= 15 is 0 Å². The van der Waals surface area contributed by atoms with Gasteiger partial charge in [0.2, 0.25) is 0 Å². The monoisotopic (exact) mass is 296 g/mol. The second kappa shape index (κ2) is 6.24. The molecule has 2 unspecified atom stereocenters. The SMILES string of the molecule is CCC1CCCN(C(=O)N2CCCC(C)(C)C2C(=O)O)C1. The predicted molar refractivity (Wildman–Crippen MR) is 81.1 cm³/mol. The maximum atomic E-state index is 12.8. The van der Waals surface area contributed by atoms with Crippen molar-refractivity contribution >= 4 is 12.0 Å². The lowest BCUT2D eigenvalue weighted by molar-refractivity contribution is -0.148. The van der Waals surface area contributed by atoms with E-state index in [9.17, 15) is 14.7 Å². The molecule has 0 aromatic carbocycles. The fourth-order valence-electron chi connectivity index (χ4n) is 3.82. The Morgan fingerprint density at radius 2 is 1.95 bits per heavy atom. The topological polar surface area (TPSA) is 60.9 Å². The quantitative estimate of drug-likeness (QED) is 0.852. The molecular formula is C16H28N2O3. The van der Waals surface area contributed by atoms with E-state index < -0.39 is 12.0 Å². The molecular weight excluding hydrogens is 268 g/mol. The number of carboxylic acid groups (broad SMARTS) is 1. The second-order valence-electron chi connectivity index (χ2n) is 7.17. The number of urea groups is 1. The lowest BCUT2D eigenvalue weighted by Gasteiger charge is -2.46. The summed E-state index contributed by atoms with van der Waals surface area (Å²) in [7, 11) is 0. The minimum atomic E-state index is -0.878. The van der Waals surface area contributed by atoms with Crippen molar-refractivity contribution in [3.05, 3.63) is 0 Å². The summed E-state index contributed by atoms with van der Waals surface area (Å²) < 4.78 is 0. The fraction of sp³-hybridized carbons (Fsp3) is 0.875. The average molecular weight is 296 g/mol. The number of amides is 2. The number of hydrogen-bond donors (Lipinski definition) is 1. The third kappa shape index (κ3) is 3.33. The number of nitrogens with zero attached hydrogens (tertiary/aromatic N) is 2. The molecule has 5 heteroatoms. The molecule has 2 aliphatic rings. The second-order valence-corrected chi connectivity index (χ2v) is 7.17. The van der Waals surface area contributed by atoms with Crippen molar-refractivity contribution in [3.63, 3.8) is 0 Å². The van der Waals surface area contributed by atoms with Crippen molar-refractivity contribution in [2.75, 3.05) is 19.6 Å². The highest BCUT2D eigenvalue weighted by molar-refractivity contribution is 5.83. The van der Waals surface area contributed by atoms with Gasteiger partial charge in [0.05, 0.1) is 0 Å². The standard InChI is InChI=1S/C16H28N2O3/c1-4-12-7-5-9-17(11-12)15(21)18-10-6-8-16(2,3)13(18)14(19)20/h12-13H,4-11H2,1-3H3,(H,19,20). The van der Waals surface area contributed by atoms with Gasteiger partial charge >= 0.3 is 12.0 Å². The van der Waals surface area contributed by atoms with Crippen LogP contribution >= 0.6 is 0 Å². The normalized spacial score (nSPS) is 29.3. The third-order valence-electron chi connectivity index (χ3n) is 5.12. The molecule has 5 nitrogen and oxygen atoms in total. The Hall–Kier alpha value is -1.26. The van der Waals surface area contributed by atoms with Gasteiger partial charge in [0, 0.05) is 19.6 Å². The number of rotatable bonds is 2. The van der Waals surface area contributed by atoms with Gasteiger partial charge in [-0.15, -0.1) is 0 Å². The predicted octanol–water partition coefficient (Wildman–Crippen LogP) is 2.80. The lowest BCUT2D eigenvalue weighted by atomic mass is 9.76. The van der Waals surface area contributed by atoms with Gasteiger partial charge in [-0.2, -0.15) is 0 Å². The van der Waals surface area contributed by atoms with E-state index in [4.69, 9.17) is 0 Å². The zero-order valence-electron chi connectivity index (χ0n) is 13.5. The summed E-state index contributed by atoms with van der Waals surface area (Å²) in [5.74, 6) is -0.319. The first kappa shape index (κ1) is 16.1. The Morgan fingerprint density at radius 1 is 1.24 bits per heavy atom. The number of carbonyl (C=O) groups is 2. The first-order chi connectivity index (χ1) is 9.86. The van der Waals surface area contributed by atoms with Crippen LogP contribution in [-0.2, 0) is 4.79 Å². The fourth-order valence-corrected chi connectivity index (χ4v) is 3.82. The lowest BCUT2D eigenvalue weighted by Crippen LogP contribution is -2.60. The van der Waals surface area contributed by atoms with Crippen LogP contribution in [0.15, 0.2) is 0 Å². The van der Waals surface area contributed by atoms with E-state index in [1.807, 2.05) is 18.7 Å². The Morgan fingerprint density at radius 3 is 2.57 bits per heavy atom. The molecule has 21 heavy (non-hydrogen) atoms. The molecule has 0 bridgehead atoms. The van der Waals surface area contributed by atoms with Gasteiger partial charge in [-0.3, -0.25) is 0 Å². The van der Waals surface area contributed by atoms with Crippen LogP contribution in [0.5, 0.6) is 0 Å². The van der Waals surface area contributed by atoms with Crippen LogP contribution in [0.3, 0.4) is 0 Å². The van der Waals surface area contributed by atoms with Crippen LogP contribution in [0, 0.1) is 11.3 Å². The zero-order valence-corrected chi connectivity index (χ0v) is 13.5. The Labute approximate surface area is 127 Å². The molecule has 2 atom stereocenters. The first-order valence-electron chi connectivity index (χ1n) is 8.15. The van der Waals surface area contributed by atoms with E-state index in [2.05, 4.69) is 6.92 Å². The Bertz CT molecular complexity index is 408. The van der Waals surface area contributed by atoms with Crippen molar-refractivity contribution in [2.24, 2.45) is 11.3 Å². The summed E-state index contributed by atoms with van der Waals surface area (Å²) in [6.45, 7) is 8.17. The maximum absolute atomic E-state index is 12.8. The van der Waals surface area contributed by atoms with Gasteiger partial charge in [0.15, 0.2) is 0 Å². The molecule has 0 aromatic heterocycles. The highest BCUT2D eigenvalue weighted by atomic mass is 16.4. The van der Waals surface area contributed by atoms with Crippen molar-refractivity contribution in [2.45, 2.75) is 58.9 Å². The van der Waals surface area contributed by atoms with Crippen LogP contribution < -0.4 is 0 Å². The number of hydrogen-bond acceptors (Lipinski definition) is 2. The van der Waals surface area contributed by atoms with Crippen molar-refractivity contribution in [3.8, 4) is 0 Å². The average Bonchev–Trinajstić information content (AvgIpc) is 2.44. The van der Waals surface area contributed by atoms with Crippen molar-refractivity contribution < 1.29 is 14.7 Å². The number of carboxylic acids is 1. The smallest absolute Gasteiger partial charge is 0.327 e. The highest BCUT2D eigenvalue weighted by Gasteiger charge is 2.45. The van der Waals surface area contributed by atoms with Gasteiger partial charge in [0.25, 0.3) is 0 Å². The molecule has 0 spiro atoms. The van der Waals surface area contributed by atoms with Crippen LogP contribution in [0.4, 0.5) is 4.79 Å². The minimum absolute atomic E-state index is 0.0756. The molecule has 120 valence electrons. The number of carbonyl (C=O) groups excluding carboxylic acids is 1. The summed E-state index contributed by atoms with van der Waals surface area (Å²) in [4.78, 5) is 28.0. The molecule has 2 fully saturated rings. The number of likely N-dealkylation sites (tertiary alicyclic amines) is 2. The molecule has 2 heterocycles. The molecule has 1 N–H and O–H groups in total. The summed E-state index contributed by atoms with van der Waals surface area (Å²) in [5, 5.41) is 9.58. The van der Waals surface area contributed by atoms with Gasteiger partial charge in [-0.05, 0) is 37.0 Å². The Balaban J connectivity index is 2.14. The van der Waals surface area contributed by atoms with Crippen LogP contribution in [0.1, 0.15) is 52.9 Å². The van der Waals surface area contributed by atoms with Crippen LogP contribution in [-0.4, -0.2) is 52.6 Å². The van der Waals surface area contributed by atoms with Crippen LogP contribution in [0.25, 0.3) is 0 Å². The minimum Gasteiger partial charge on any atom is -0.480 e. The Kier molecular flexibility index (Phi) is 4.79. The summed E-state index contributed by atoms with van der Waals surface area (Å²) >= 11 is 0. The maximum Gasteiger partial charge on any atom is 0.327 e. The molecule has 0 radical (unpaired) electrons. The molecule has 2 rings (SSSR count). The van der Waals surface area contributed by atoms with Crippen LogP contribution in [0.2, 0.25) is 0 Å². The summed E-state index contributed by atoms with van der Waals surface area (Å²) in [6.07, 6.45) is 5.02. The number of piperidine rings is 2. The number of aliphatic carboxylic acids is 1. The van der Waals surface area contributed by atoms with Gasteiger partial charge in [-0.25, -0.2) is 9.59 Å². The molecule has 0 saturated carbocycles. The van der Waals surface area contributed by atoms with E-state index in [0.29, 0.717) is 12.5 Å². The molecule has 2 aliphatic heterocycles. The molecule has 0 aliphatic carbocycles. The van der Waals surface area contributed by atoms with E-state index in [-0.39, 0.29) is 11.4 Å². The first-order valence-corrected chi connectivity index (χ1v) is 8.15. The van der Waals surface area contributed by atoms with Gasteiger partial charge in [0.1, 0.15) is 6.04 Å².